The van der Waals surface area contributed by atoms with E-state index >= 15 is 0 Å². The predicted octanol–water partition coefficient (Wildman–Crippen LogP) is 1.99. The van der Waals surface area contributed by atoms with Gasteiger partial charge in [0.1, 0.15) is 0 Å². The van der Waals surface area contributed by atoms with E-state index in [9.17, 15) is 4.79 Å². The molecule has 0 aliphatic carbocycles. The van der Waals surface area contributed by atoms with Crippen LogP contribution in [-0.2, 0) is 0 Å². The average Bonchev–Trinajstić information content (AvgIpc) is 2.33. The van der Waals surface area contributed by atoms with E-state index < -0.39 is 0 Å². The predicted molar refractivity (Wildman–Crippen MR) is 80.3 cm³/mol. The SMILES string of the molecule is CCN(CCCN(C)C)C(=O)c1ccc(N)cc1C. The highest BCUT2D eigenvalue weighted by molar-refractivity contribution is 5.96. The van der Waals surface area contributed by atoms with Gasteiger partial charge in [0.05, 0.1) is 0 Å². The van der Waals surface area contributed by atoms with Gasteiger partial charge < -0.3 is 15.5 Å². The highest BCUT2D eigenvalue weighted by atomic mass is 16.2. The number of hydrogen-bond donors (Lipinski definition) is 1. The largest absolute Gasteiger partial charge is 0.399 e. The van der Waals surface area contributed by atoms with Crippen LogP contribution >= 0.6 is 0 Å². The van der Waals surface area contributed by atoms with Crippen molar-refractivity contribution >= 4 is 11.6 Å². The Hall–Kier alpha value is -1.55. The third-order valence-electron chi connectivity index (χ3n) is 3.18. The van der Waals surface area contributed by atoms with Crippen molar-refractivity contribution in [3.8, 4) is 0 Å². The van der Waals surface area contributed by atoms with Crippen LogP contribution in [0.3, 0.4) is 0 Å². The lowest BCUT2D eigenvalue weighted by Crippen LogP contribution is -2.33. The molecule has 0 aromatic heterocycles. The van der Waals surface area contributed by atoms with Crippen molar-refractivity contribution in [2.24, 2.45) is 0 Å². The third-order valence-corrected chi connectivity index (χ3v) is 3.18. The summed E-state index contributed by atoms with van der Waals surface area (Å²) in [5, 5.41) is 0. The Morgan fingerprint density at radius 1 is 1.26 bits per heavy atom. The fourth-order valence-electron chi connectivity index (χ4n) is 2.08. The topological polar surface area (TPSA) is 49.6 Å². The number of nitrogens with two attached hydrogens (primary N) is 1. The van der Waals surface area contributed by atoms with Gasteiger partial charge in [-0.05, 0) is 64.7 Å². The Bertz CT molecular complexity index is 429. The molecule has 0 bridgehead atoms. The fraction of sp³-hybridized carbons (Fsp3) is 0.533. The molecule has 0 aliphatic rings. The van der Waals surface area contributed by atoms with E-state index in [1.54, 1.807) is 6.07 Å². The summed E-state index contributed by atoms with van der Waals surface area (Å²) in [5.41, 5.74) is 8.11. The van der Waals surface area contributed by atoms with Crippen molar-refractivity contribution in [2.75, 3.05) is 39.5 Å². The van der Waals surface area contributed by atoms with Crippen LogP contribution in [-0.4, -0.2) is 49.4 Å². The Balaban J connectivity index is 2.72. The van der Waals surface area contributed by atoms with Crippen LogP contribution in [0.2, 0.25) is 0 Å². The maximum atomic E-state index is 12.5. The van der Waals surface area contributed by atoms with Crippen LogP contribution in [0, 0.1) is 6.92 Å². The molecule has 0 atom stereocenters. The van der Waals surface area contributed by atoms with Gasteiger partial charge in [0.2, 0.25) is 0 Å². The molecule has 2 N–H and O–H groups in total. The zero-order chi connectivity index (χ0) is 14.4. The third kappa shape index (κ3) is 4.56. The number of amides is 1. The highest BCUT2D eigenvalue weighted by Crippen LogP contribution is 2.15. The van der Waals surface area contributed by atoms with E-state index in [0.717, 1.165) is 37.2 Å². The number of carbonyl (C=O) groups excluding carboxylic acids is 1. The summed E-state index contributed by atoms with van der Waals surface area (Å²) in [6.45, 7) is 6.45. The number of carbonyl (C=O) groups is 1. The number of anilines is 1. The van der Waals surface area contributed by atoms with Gasteiger partial charge in [-0.1, -0.05) is 0 Å². The molecule has 1 rings (SSSR count). The maximum Gasteiger partial charge on any atom is 0.254 e. The monoisotopic (exact) mass is 263 g/mol. The van der Waals surface area contributed by atoms with Crippen molar-refractivity contribution in [1.82, 2.24) is 9.80 Å². The summed E-state index contributed by atoms with van der Waals surface area (Å²) in [5.74, 6) is 0.0961. The van der Waals surface area contributed by atoms with Crippen LogP contribution in [0.4, 0.5) is 5.69 Å². The lowest BCUT2D eigenvalue weighted by Gasteiger charge is -2.22. The highest BCUT2D eigenvalue weighted by Gasteiger charge is 2.15. The molecule has 1 aromatic carbocycles. The summed E-state index contributed by atoms with van der Waals surface area (Å²) in [4.78, 5) is 16.5. The zero-order valence-corrected chi connectivity index (χ0v) is 12.4. The van der Waals surface area contributed by atoms with Crippen LogP contribution in [0.15, 0.2) is 18.2 Å². The molecule has 106 valence electrons. The number of nitrogen functional groups attached to an aromatic ring is 1. The van der Waals surface area contributed by atoms with E-state index in [1.807, 2.05) is 45.0 Å². The lowest BCUT2D eigenvalue weighted by atomic mass is 10.1. The first-order chi connectivity index (χ1) is 8.95. The van der Waals surface area contributed by atoms with E-state index in [-0.39, 0.29) is 5.91 Å². The average molecular weight is 263 g/mol. The smallest absolute Gasteiger partial charge is 0.254 e. The van der Waals surface area contributed by atoms with Gasteiger partial charge in [0.15, 0.2) is 0 Å². The van der Waals surface area contributed by atoms with Crippen LogP contribution in [0.5, 0.6) is 0 Å². The Morgan fingerprint density at radius 2 is 1.95 bits per heavy atom. The van der Waals surface area contributed by atoms with Crippen LogP contribution < -0.4 is 5.73 Å². The van der Waals surface area contributed by atoms with Gasteiger partial charge in [-0.15, -0.1) is 0 Å². The van der Waals surface area contributed by atoms with E-state index in [0.29, 0.717) is 5.69 Å². The maximum absolute atomic E-state index is 12.5. The minimum Gasteiger partial charge on any atom is -0.399 e. The van der Waals surface area contributed by atoms with Crippen molar-refractivity contribution in [3.05, 3.63) is 29.3 Å². The van der Waals surface area contributed by atoms with Crippen molar-refractivity contribution in [1.29, 1.82) is 0 Å². The molecule has 0 spiro atoms. The molecule has 0 saturated heterocycles. The molecule has 4 heteroatoms. The van der Waals surface area contributed by atoms with Crippen LogP contribution in [0.1, 0.15) is 29.3 Å². The minimum absolute atomic E-state index is 0.0961. The Labute approximate surface area is 116 Å². The first kappa shape index (κ1) is 15.5. The first-order valence-corrected chi connectivity index (χ1v) is 6.75. The van der Waals surface area contributed by atoms with Crippen molar-refractivity contribution in [3.63, 3.8) is 0 Å². The standard InChI is InChI=1S/C15H25N3O/c1-5-18(10-6-9-17(3)4)15(19)14-8-7-13(16)11-12(14)2/h7-8,11H,5-6,9-10,16H2,1-4H3. The van der Waals surface area contributed by atoms with Crippen molar-refractivity contribution < 1.29 is 4.79 Å². The second kappa shape index (κ2) is 7.14. The number of aryl methyl sites for hydroxylation is 1. The van der Waals surface area contributed by atoms with Gasteiger partial charge in [-0.3, -0.25) is 4.79 Å². The normalized spacial score (nSPS) is 10.8. The number of rotatable bonds is 6. The molecule has 19 heavy (non-hydrogen) atoms. The summed E-state index contributed by atoms with van der Waals surface area (Å²) in [7, 11) is 4.09. The quantitative estimate of drug-likeness (QED) is 0.799. The summed E-state index contributed by atoms with van der Waals surface area (Å²) in [6.07, 6.45) is 0.987. The van der Waals surface area contributed by atoms with E-state index in [1.165, 1.54) is 0 Å². The summed E-state index contributed by atoms with van der Waals surface area (Å²) in [6, 6.07) is 5.45. The summed E-state index contributed by atoms with van der Waals surface area (Å²) < 4.78 is 0. The molecule has 0 unspecified atom stereocenters. The second-order valence-electron chi connectivity index (χ2n) is 5.12. The minimum atomic E-state index is 0.0961. The van der Waals surface area contributed by atoms with Crippen molar-refractivity contribution in [2.45, 2.75) is 20.3 Å². The molecule has 4 nitrogen and oxygen atoms in total. The lowest BCUT2D eigenvalue weighted by molar-refractivity contribution is 0.0758. The Morgan fingerprint density at radius 3 is 2.47 bits per heavy atom. The van der Waals surface area contributed by atoms with Gasteiger partial charge >= 0.3 is 0 Å². The number of hydrogen-bond acceptors (Lipinski definition) is 3. The molecule has 0 saturated carbocycles. The zero-order valence-electron chi connectivity index (χ0n) is 12.4. The first-order valence-electron chi connectivity index (χ1n) is 6.75. The molecule has 1 aromatic rings. The molecule has 0 fully saturated rings. The molecular formula is C15H25N3O. The fourth-order valence-corrected chi connectivity index (χ4v) is 2.08. The number of nitrogens with zero attached hydrogens (tertiary/aromatic N) is 2. The van der Waals surface area contributed by atoms with Gasteiger partial charge in [0.25, 0.3) is 5.91 Å². The molecule has 0 aliphatic heterocycles. The van der Waals surface area contributed by atoms with Gasteiger partial charge in [-0.2, -0.15) is 0 Å². The molecular weight excluding hydrogens is 238 g/mol. The van der Waals surface area contributed by atoms with Gasteiger partial charge in [-0.25, -0.2) is 0 Å². The summed E-state index contributed by atoms with van der Waals surface area (Å²) >= 11 is 0. The number of benzene rings is 1. The van der Waals surface area contributed by atoms with E-state index in [2.05, 4.69) is 4.90 Å². The Kier molecular flexibility index (Phi) is 5.83. The molecule has 0 radical (unpaired) electrons. The van der Waals surface area contributed by atoms with Crippen LogP contribution in [0.25, 0.3) is 0 Å². The second-order valence-corrected chi connectivity index (χ2v) is 5.12. The molecule has 0 heterocycles. The van der Waals surface area contributed by atoms with E-state index in [4.69, 9.17) is 5.73 Å². The molecule has 1 amide bonds. The van der Waals surface area contributed by atoms with Gasteiger partial charge in [0, 0.05) is 24.3 Å².